The number of carbonyl (C=O) groups is 1. The van der Waals surface area contributed by atoms with Crippen LogP contribution in [0.2, 0.25) is 6.32 Å². The first-order valence-electron chi connectivity index (χ1n) is 9.44. The van der Waals surface area contributed by atoms with Crippen molar-refractivity contribution in [1.29, 1.82) is 0 Å². The molecule has 1 aliphatic carbocycles. The smallest absolute Gasteiger partial charge is 0.320 e. The molecule has 5 nitrogen and oxygen atoms in total. The second-order valence-corrected chi connectivity index (χ2v) is 7.22. The molecule has 1 aromatic rings. The minimum Gasteiger partial charge on any atom is -0.480 e. The lowest BCUT2D eigenvalue weighted by atomic mass is 9.87. The van der Waals surface area contributed by atoms with Crippen LogP contribution in [-0.2, 0) is 11.2 Å². The number of likely N-dealkylation sites (tertiary alicyclic amines) is 1. The normalized spacial score (nSPS) is 22.5. The highest BCUT2D eigenvalue weighted by Gasteiger charge is 2.35. The van der Waals surface area contributed by atoms with Crippen LogP contribution in [0.4, 0.5) is 0 Å². The highest BCUT2D eigenvalue weighted by atomic mass is 16.4. The molecule has 3 rings (SSSR count). The lowest BCUT2D eigenvalue weighted by Crippen LogP contribution is -2.48. The number of piperidine rings is 1. The monoisotopic (exact) mass is 343 g/mol. The van der Waals surface area contributed by atoms with Crippen LogP contribution in [0, 0.1) is 5.92 Å². The van der Waals surface area contributed by atoms with E-state index in [1.54, 1.807) is 0 Å². The third kappa shape index (κ3) is 4.43. The first-order valence-corrected chi connectivity index (χ1v) is 9.44. The number of aliphatic carboxylic acids is 1. The van der Waals surface area contributed by atoms with Gasteiger partial charge in [-0.1, -0.05) is 30.6 Å². The Kier molecular flexibility index (Phi) is 6.51. The van der Waals surface area contributed by atoms with Gasteiger partial charge in [-0.05, 0) is 68.8 Å². The molecule has 1 aliphatic heterocycles. The molecule has 0 saturated carbocycles. The summed E-state index contributed by atoms with van der Waals surface area (Å²) >= 11 is 0. The predicted octanol–water partition coefficient (Wildman–Crippen LogP) is 1.85. The number of hydrogen-bond donors (Lipinski definition) is 3. The Bertz CT molecular complexity index is 576. The average molecular weight is 343 g/mol. The number of benzene rings is 1. The SMILES string of the molecule is O=C(O)C(NCCC[B]O)C1CCN(C2CCc3ccccc32)CC1. The molecule has 2 aliphatic rings. The van der Waals surface area contributed by atoms with E-state index >= 15 is 0 Å². The zero-order valence-corrected chi connectivity index (χ0v) is 14.7. The van der Waals surface area contributed by atoms with Crippen LogP contribution in [0.5, 0.6) is 0 Å². The van der Waals surface area contributed by atoms with Crippen molar-refractivity contribution in [1.82, 2.24) is 10.2 Å². The van der Waals surface area contributed by atoms with Crippen molar-refractivity contribution in [2.45, 2.75) is 50.5 Å². The van der Waals surface area contributed by atoms with Crippen LogP contribution in [0.15, 0.2) is 24.3 Å². The molecule has 0 spiro atoms. The summed E-state index contributed by atoms with van der Waals surface area (Å²) in [5.74, 6) is -0.568. The van der Waals surface area contributed by atoms with Crippen molar-refractivity contribution >= 4 is 13.5 Å². The number of aryl methyl sites for hydroxylation is 1. The molecule has 135 valence electrons. The molecule has 1 fully saturated rings. The summed E-state index contributed by atoms with van der Waals surface area (Å²) in [6.45, 7) is 2.57. The van der Waals surface area contributed by atoms with E-state index in [4.69, 9.17) is 5.02 Å². The summed E-state index contributed by atoms with van der Waals surface area (Å²) in [7, 11) is 1.13. The van der Waals surface area contributed by atoms with Crippen LogP contribution in [0.25, 0.3) is 0 Å². The van der Waals surface area contributed by atoms with Gasteiger partial charge in [0.2, 0.25) is 0 Å². The van der Waals surface area contributed by atoms with Crippen LogP contribution >= 0.6 is 0 Å². The fraction of sp³-hybridized carbons (Fsp3) is 0.632. The number of hydrogen-bond acceptors (Lipinski definition) is 4. The predicted molar refractivity (Wildman–Crippen MR) is 98.6 cm³/mol. The van der Waals surface area contributed by atoms with Crippen LogP contribution in [-0.4, -0.2) is 54.2 Å². The van der Waals surface area contributed by atoms with E-state index in [9.17, 15) is 9.90 Å². The van der Waals surface area contributed by atoms with Crippen molar-refractivity contribution < 1.29 is 14.9 Å². The third-order valence-electron chi connectivity index (χ3n) is 5.73. The van der Waals surface area contributed by atoms with E-state index in [-0.39, 0.29) is 5.92 Å². The van der Waals surface area contributed by atoms with Crippen molar-refractivity contribution in [3.63, 3.8) is 0 Å². The van der Waals surface area contributed by atoms with Gasteiger partial charge >= 0.3 is 5.97 Å². The lowest BCUT2D eigenvalue weighted by molar-refractivity contribution is -0.141. The van der Waals surface area contributed by atoms with E-state index in [2.05, 4.69) is 34.5 Å². The number of nitrogens with zero attached hydrogens (tertiary/aromatic N) is 1. The van der Waals surface area contributed by atoms with E-state index in [0.29, 0.717) is 18.9 Å². The zero-order chi connectivity index (χ0) is 17.6. The molecule has 1 radical (unpaired) electrons. The van der Waals surface area contributed by atoms with Crippen molar-refractivity contribution in [2.75, 3.05) is 19.6 Å². The standard InChI is InChI=1S/C19H28BN2O3/c23-19(24)18(21-11-3-10-20-25)15-8-12-22(13-9-15)17-7-6-14-4-1-2-5-16(14)17/h1-2,4-5,15,17-18,21,25H,3,6-13H2,(H,23,24). The zero-order valence-electron chi connectivity index (χ0n) is 14.7. The number of fused-ring (bicyclic) bond motifs is 1. The Labute approximate surface area is 150 Å². The maximum Gasteiger partial charge on any atom is 0.320 e. The Morgan fingerprint density at radius 1 is 1.28 bits per heavy atom. The van der Waals surface area contributed by atoms with Crippen molar-refractivity contribution in [3.05, 3.63) is 35.4 Å². The molecule has 0 bridgehead atoms. The fourth-order valence-electron chi connectivity index (χ4n) is 4.38. The summed E-state index contributed by atoms with van der Waals surface area (Å²) in [4.78, 5) is 14.2. The van der Waals surface area contributed by atoms with Crippen LogP contribution in [0.3, 0.4) is 0 Å². The third-order valence-corrected chi connectivity index (χ3v) is 5.73. The summed E-state index contributed by atoms with van der Waals surface area (Å²) in [5.41, 5.74) is 2.94. The van der Waals surface area contributed by atoms with Gasteiger partial charge in [-0.25, -0.2) is 0 Å². The van der Waals surface area contributed by atoms with Crippen LogP contribution < -0.4 is 5.32 Å². The highest BCUT2D eigenvalue weighted by Crippen LogP contribution is 2.37. The summed E-state index contributed by atoms with van der Waals surface area (Å²) in [6, 6.07) is 8.75. The van der Waals surface area contributed by atoms with Gasteiger partial charge < -0.3 is 15.4 Å². The van der Waals surface area contributed by atoms with Crippen molar-refractivity contribution in [3.8, 4) is 0 Å². The molecule has 1 heterocycles. The minimum atomic E-state index is -0.752. The first kappa shape index (κ1) is 18.4. The number of carboxylic acids is 1. The highest BCUT2D eigenvalue weighted by molar-refractivity contribution is 6.25. The molecule has 2 unspecified atom stereocenters. The molecule has 1 saturated heterocycles. The topological polar surface area (TPSA) is 72.8 Å². The van der Waals surface area contributed by atoms with Gasteiger partial charge in [0.15, 0.2) is 0 Å². The van der Waals surface area contributed by atoms with Gasteiger partial charge in [0, 0.05) is 6.04 Å². The Hall–Kier alpha value is -1.37. The van der Waals surface area contributed by atoms with Gasteiger partial charge in [-0.15, -0.1) is 0 Å². The second-order valence-electron chi connectivity index (χ2n) is 7.22. The number of nitrogens with one attached hydrogen (secondary N) is 1. The van der Waals surface area contributed by atoms with Gasteiger partial charge in [0.25, 0.3) is 7.48 Å². The molecule has 1 aromatic carbocycles. The summed E-state index contributed by atoms with van der Waals surface area (Å²) in [5, 5.41) is 21.4. The minimum absolute atomic E-state index is 0.184. The lowest BCUT2D eigenvalue weighted by Gasteiger charge is -2.38. The quantitative estimate of drug-likeness (QED) is 0.496. The summed E-state index contributed by atoms with van der Waals surface area (Å²) in [6.07, 6.45) is 5.55. The van der Waals surface area contributed by atoms with Crippen LogP contribution in [0.1, 0.15) is 42.9 Å². The fourth-order valence-corrected chi connectivity index (χ4v) is 4.38. The molecule has 3 N–H and O–H groups in total. The first-order chi connectivity index (χ1) is 12.2. The van der Waals surface area contributed by atoms with E-state index in [1.807, 2.05) is 0 Å². The molecular weight excluding hydrogens is 315 g/mol. The maximum atomic E-state index is 11.6. The molecule has 6 heteroatoms. The molecule has 0 amide bonds. The number of carboxylic acid groups (broad SMARTS) is 1. The molecule has 2 atom stereocenters. The van der Waals surface area contributed by atoms with E-state index in [0.717, 1.165) is 46.3 Å². The Morgan fingerprint density at radius 2 is 2.04 bits per heavy atom. The number of rotatable bonds is 8. The van der Waals surface area contributed by atoms with Crippen molar-refractivity contribution in [2.24, 2.45) is 5.92 Å². The van der Waals surface area contributed by atoms with Gasteiger partial charge in [-0.3, -0.25) is 9.69 Å². The second kappa shape index (κ2) is 8.83. The van der Waals surface area contributed by atoms with Gasteiger partial charge in [0.1, 0.15) is 6.04 Å². The molecule has 25 heavy (non-hydrogen) atoms. The largest absolute Gasteiger partial charge is 0.480 e. The Morgan fingerprint density at radius 3 is 2.76 bits per heavy atom. The molecule has 0 aromatic heterocycles. The maximum absolute atomic E-state index is 11.6. The molecular formula is C19H28BN2O3. The van der Waals surface area contributed by atoms with Gasteiger partial charge in [0.05, 0.1) is 0 Å². The summed E-state index contributed by atoms with van der Waals surface area (Å²) < 4.78 is 0. The van der Waals surface area contributed by atoms with E-state index < -0.39 is 12.0 Å². The van der Waals surface area contributed by atoms with Gasteiger partial charge in [-0.2, -0.15) is 0 Å². The Balaban J connectivity index is 1.53. The van der Waals surface area contributed by atoms with E-state index in [1.165, 1.54) is 17.5 Å². The average Bonchev–Trinajstić information content (AvgIpc) is 3.06.